The van der Waals surface area contributed by atoms with E-state index in [4.69, 9.17) is 10.9 Å². The Kier molecular flexibility index (Phi) is 6.56. The lowest BCUT2D eigenvalue weighted by Crippen LogP contribution is -2.40. The van der Waals surface area contributed by atoms with Crippen molar-refractivity contribution in [2.24, 2.45) is 16.8 Å². The predicted octanol–water partition coefficient (Wildman–Crippen LogP) is 2.42. The number of benzene rings is 1. The van der Waals surface area contributed by atoms with Crippen molar-refractivity contribution in [3.8, 4) is 0 Å². The third-order valence-corrected chi connectivity index (χ3v) is 3.29. The second kappa shape index (κ2) is 8.19. The number of carbonyl (C=O) groups excluding carboxylic acids is 1. The summed E-state index contributed by atoms with van der Waals surface area (Å²) in [5, 5.41) is 14.7. The van der Waals surface area contributed by atoms with Gasteiger partial charge >= 0.3 is 0 Å². The van der Waals surface area contributed by atoms with Crippen LogP contribution in [-0.2, 0) is 4.79 Å². The predicted molar refractivity (Wildman–Crippen MR) is 79.4 cm³/mol. The molecule has 0 saturated heterocycles. The van der Waals surface area contributed by atoms with Gasteiger partial charge in [0.1, 0.15) is 0 Å². The zero-order valence-corrected chi connectivity index (χ0v) is 12.0. The zero-order chi connectivity index (χ0) is 15.0. The first-order valence-corrected chi connectivity index (χ1v) is 6.96. The maximum absolute atomic E-state index is 12.3. The van der Waals surface area contributed by atoms with E-state index in [1.807, 2.05) is 44.2 Å². The van der Waals surface area contributed by atoms with Crippen molar-refractivity contribution in [3.63, 3.8) is 0 Å². The molecule has 0 bridgehead atoms. The number of oxime groups is 1. The van der Waals surface area contributed by atoms with Gasteiger partial charge in [-0.05, 0) is 18.4 Å². The monoisotopic (exact) mass is 277 g/mol. The highest BCUT2D eigenvalue weighted by molar-refractivity contribution is 6.02. The molecular formula is C15H23N3O2. The molecule has 2 atom stereocenters. The SMILES string of the molecule is CCCC(C(=O)NC(CC)c1ccccc1)C(N)=NO. The molecule has 0 aliphatic heterocycles. The van der Waals surface area contributed by atoms with Gasteiger partial charge in [-0.1, -0.05) is 55.8 Å². The number of nitrogens with zero attached hydrogens (tertiary/aromatic N) is 1. The molecule has 0 fully saturated rings. The molecule has 1 aromatic carbocycles. The van der Waals surface area contributed by atoms with Gasteiger partial charge in [-0.25, -0.2) is 0 Å². The number of hydrogen-bond donors (Lipinski definition) is 3. The van der Waals surface area contributed by atoms with Gasteiger partial charge in [0.25, 0.3) is 0 Å². The van der Waals surface area contributed by atoms with Gasteiger partial charge in [0.2, 0.25) is 5.91 Å². The van der Waals surface area contributed by atoms with E-state index in [0.29, 0.717) is 6.42 Å². The molecule has 0 aliphatic carbocycles. The minimum atomic E-state index is -0.581. The smallest absolute Gasteiger partial charge is 0.231 e. The first-order valence-electron chi connectivity index (χ1n) is 6.96. The van der Waals surface area contributed by atoms with Gasteiger partial charge in [0, 0.05) is 0 Å². The maximum atomic E-state index is 12.3. The zero-order valence-electron chi connectivity index (χ0n) is 12.0. The van der Waals surface area contributed by atoms with Crippen LogP contribution in [0.1, 0.15) is 44.7 Å². The first kappa shape index (κ1) is 16.0. The van der Waals surface area contributed by atoms with Crippen LogP contribution in [0.2, 0.25) is 0 Å². The van der Waals surface area contributed by atoms with Crippen molar-refractivity contribution in [1.82, 2.24) is 5.32 Å². The fraction of sp³-hybridized carbons (Fsp3) is 0.467. The summed E-state index contributed by atoms with van der Waals surface area (Å²) in [7, 11) is 0. The van der Waals surface area contributed by atoms with Crippen LogP contribution in [0.5, 0.6) is 0 Å². The number of nitrogens with two attached hydrogens (primary N) is 1. The second-order valence-electron chi connectivity index (χ2n) is 4.75. The lowest BCUT2D eigenvalue weighted by molar-refractivity contribution is -0.124. The summed E-state index contributed by atoms with van der Waals surface area (Å²) in [6, 6.07) is 9.72. The molecule has 2 unspecified atom stereocenters. The first-order chi connectivity index (χ1) is 9.63. The summed E-state index contributed by atoms with van der Waals surface area (Å²) in [5.74, 6) is -0.812. The molecule has 1 amide bonds. The van der Waals surface area contributed by atoms with Gasteiger partial charge < -0.3 is 16.3 Å². The van der Waals surface area contributed by atoms with Crippen LogP contribution in [0.4, 0.5) is 0 Å². The molecule has 110 valence electrons. The highest BCUT2D eigenvalue weighted by Crippen LogP contribution is 2.17. The fourth-order valence-corrected chi connectivity index (χ4v) is 2.15. The van der Waals surface area contributed by atoms with E-state index in [0.717, 1.165) is 18.4 Å². The molecule has 0 radical (unpaired) electrons. The number of rotatable bonds is 7. The van der Waals surface area contributed by atoms with E-state index in [9.17, 15) is 4.79 Å². The number of hydrogen-bond acceptors (Lipinski definition) is 3. The lowest BCUT2D eigenvalue weighted by Gasteiger charge is -2.21. The highest BCUT2D eigenvalue weighted by Gasteiger charge is 2.24. The third-order valence-electron chi connectivity index (χ3n) is 3.29. The Labute approximate surface area is 119 Å². The fourth-order valence-electron chi connectivity index (χ4n) is 2.15. The normalized spacial score (nSPS) is 14.6. The van der Waals surface area contributed by atoms with Crippen LogP contribution in [0.3, 0.4) is 0 Å². The van der Waals surface area contributed by atoms with Crippen LogP contribution in [-0.4, -0.2) is 17.0 Å². The molecule has 0 saturated carbocycles. The third kappa shape index (κ3) is 4.26. The van der Waals surface area contributed by atoms with Gasteiger partial charge in [0.05, 0.1) is 12.0 Å². The molecule has 0 heterocycles. The molecule has 0 aliphatic rings. The van der Waals surface area contributed by atoms with Gasteiger partial charge in [-0.2, -0.15) is 0 Å². The van der Waals surface area contributed by atoms with Crippen molar-refractivity contribution in [2.75, 3.05) is 0 Å². The summed E-state index contributed by atoms with van der Waals surface area (Å²) in [6.07, 6.45) is 2.13. The summed E-state index contributed by atoms with van der Waals surface area (Å²) in [4.78, 5) is 12.3. The van der Waals surface area contributed by atoms with Gasteiger partial charge in [-0.3, -0.25) is 4.79 Å². The average Bonchev–Trinajstić information content (AvgIpc) is 2.50. The lowest BCUT2D eigenvalue weighted by atomic mass is 9.99. The van der Waals surface area contributed by atoms with E-state index >= 15 is 0 Å². The van der Waals surface area contributed by atoms with E-state index < -0.39 is 5.92 Å². The Morgan fingerprint density at radius 3 is 2.50 bits per heavy atom. The van der Waals surface area contributed by atoms with Crippen LogP contribution >= 0.6 is 0 Å². The van der Waals surface area contributed by atoms with E-state index in [1.165, 1.54) is 0 Å². The summed E-state index contributed by atoms with van der Waals surface area (Å²) >= 11 is 0. The van der Waals surface area contributed by atoms with E-state index in [2.05, 4.69) is 10.5 Å². The molecular weight excluding hydrogens is 254 g/mol. The summed E-state index contributed by atoms with van der Waals surface area (Å²) in [5.41, 5.74) is 6.65. The minimum Gasteiger partial charge on any atom is -0.409 e. The molecule has 1 rings (SSSR count). The largest absolute Gasteiger partial charge is 0.409 e. The molecule has 0 aromatic heterocycles. The molecule has 20 heavy (non-hydrogen) atoms. The number of amidine groups is 1. The standard InChI is InChI=1S/C15H23N3O2/c1-3-8-12(14(16)18-20)15(19)17-13(4-2)11-9-6-5-7-10-11/h5-7,9-10,12-13,20H,3-4,8H2,1-2H3,(H2,16,18)(H,17,19). The van der Waals surface area contributed by atoms with E-state index in [-0.39, 0.29) is 17.8 Å². The number of amides is 1. The molecule has 5 heteroatoms. The second-order valence-corrected chi connectivity index (χ2v) is 4.75. The topological polar surface area (TPSA) is 87.7 Å². The number of nitrogens with one attached hydrogen (secondary N) is 1. The van der Waals surface area contributed by atoms with Gasteiger partial charge in [-0.15, -0.1) is 0 Å². The quantitative estimate of drug-likeness (QED) is 0.309. The Balaban J connectivity index is 2.80. The molecule has 0 spiro atoms. The van der Waals surface area contributed by atoms with Gasteiger partial charge in [0.15, 0.2) is 5.84 Å². The van der Waals surface area contributed by atoms with Crippen molar-refractivity contribution in [1.29, 1.82) is 0 Å². The Hall–Kier alpha value is -2.04. The molecule has 1 aromatic rings. The van der Waals surface area contributed by atoms with Crippen molar-refractivity contribution >= 4 is 11.7 Å². The average molecular weight is 277 g/mol. The van der Waals surface area contributed by atoms with Crippen LogP contribution < -0.4 is 11.1 Å². The Morgan fingerprint density at radius 2 is 2.00 bits per heavy atom. The minimum absolute atomic E-state index is 0.0349. The van der Waals surface area contributed by atoms with Crippen LogP contribution in [0, 0.1) is 5.92 Å². The maximum Gasteiger partial charge on any atom is 0.231 e. The van der Waals surface area contributed by atoms with Crippen LogP contribution in [0.15, 0.2) is 35.5 Å². The summed E-state index contributed by atoms with van der Waals surface area (Å²) in [6.45, 7) is 3.97. The van der Waals surface area contributed by atoms with Crippen molar-refractivity contribution in [2.45, 2.75) is 39.2 Å². The number of carbonyl (C=O) groups is 1. The Bertz CT molecular complexity index is 446. The summed E-state index contributed by atoms with van der Waals surface area (Å²) < 4.78 is 0. The van der Waals surface area contributed by atoms with Crippen molar-refractivity contribution in [3.05, 3.63) is 35.9 Å². The molecule has 5 nitrogen and oxygen atoms in total. The Morgan fingerprint density at radius 1 is 1.35 bits per heavy atom. The van der Waals surface area contributed by atoms with Crippen LogP contribution in [0.25, 0.3) is 0 Å². The molecule has 4 N–H and O–H groups in total. The van der Waals surface area contributed by atoms with Crippen molar-refractivity contribution < 1.29 is 10.0 Å². The van der Waals surface area contributed by atoms with E-state index in [1.54, 1.807) is 0 Å². The highest BCUT2D eigenvalue weighted by atomic mass is 16.4.